The van der Waals surface area contributed by atoms with Crippen LogP contribution < -0.4 is 10.0 Å². The summed E-state index contributed by atoms with van der Waals surface area (Å²) in [4.78, 5) is 17.4. The molecule has 2 N–H and O–H groups in total. The summed E-state index contributed by atoms with van der Waals surface area (Å²) < 4.78 is 42.0. The molecule has 0 aliphatic rings. The second-order valence-corrected chi connectivity index (χ2v) is 11.2. The highest BCUT2D eigenvalue weighted by Gasteiger charge is 2.27. The Labute approximate surface area is 199 Å². The zero-order valence-corrected chi connectivity index (χ0v) is 20.9. The molecule has 3 rings (SSSR count). The van der Waals surface area contributed by atoms with E-state index in [4.69, 9.17) is 0 Å². The van der Waals surface area contributed by atoms with Crippen molar-refractivity contribution in [3.8, 4) is 11.3 Å². The second-order valence-electron chi connectivity index (χ2n) is 7.77. The summed E-state index contributed by atoms with van der Waals surface area (Å²) in [6.45, 7) is 5.69. The average Bonchev–Trinajstić information content (AvgIpc) is 3.15. The number of hydrogen-bond acceptors (Lipinski definition) is 5. The van der Waals surface area contributed by atoms with Gasteiger partial charge in [0, 0.05) is 15.4 Å². The maximum Gasteiger partial charge on any atom is 0.244 e. The molecule has 6 nitrogen and oxygen atoms in total. The van der Waals surface area contributed by atoms with Gasteiger partial charge in [0.25, 0.3) is 0 Å². The van der Waals surface area contributed by atoms with E-state index in [1.54, 1.807) is 23.6 Å². The van der Waals surface area contributed by atoms with Crippen LogP contribution in [-0.4, -0.2) is 25.4 Å². The van der Waals surface area contributed by atoms with Gasteiger partial charge in [-0.3, -0.25) is 4.79 Å². The number of nitrogens with zero attached hydrogens (tertiary/aromatic N) is 1. The van der Waals surface area contributed by atoms with Crippen molar-refractivity contribution in [3.05, 3.63) is 63.7 Å². The van der Waals surface area contributed by atoms with E-state index < -0.39 is 22.0 Å². The number of anilines is 1. The predicted molar refractivity (Wildman–Crippen MR) is 129 cm³/mol. The van der Waals surface area contributed by atoms with Crippen LogP contribution in [0.2, 0.25) is 0 Å². The van der Waals surface area contributed by atoms with Crippen LogP contribution in [0.1, 0.15) is 25.8 Å². The first-order valence-electron chi connectivity index (χ1n) is 9.86. The number of nitrogens with one attached hydrogen (secondary N) is 2. The number of rotatable bonds is 8. The third-order valence-corrected chi connectivity index (χ3v) is 7.50. The largest absolute Gasteiger partial charge is 0.301 e. The molecule has 0 fully saturated rings. The Hall–Kier alpha value is -2.14. The molecule has 0 spiro atoms. The summed E-state index contributed by atoms with van der Waals surface area (Å²) in [5.74, 6) is -0.788. The number of aromatic nitrogens is 1. The molecule has 1 aromatic heterocycles. The first kappa shape index (κ1) is 24.5. The molecule has 10 heteroatoms. The standard InChI is InChI=1S/C22H23BrFN3O3S2/c1-13(2)10-19(27-32(29,30)16-7-4-14(3)5-8-16)21(28)26-22-25-20(12-31-22)17-9-6-15(24)11-18(17)23/h4-9,11-13,19,27H,10H2,1-3H3,(H,25,26,28). The van der Waals surface area contributed by atoms with E-state index in [9.17, 15) is 17.6 Å². The Bertz CT molecular complexity index is 1210. The van der Waals surface area contributed by atoms with Gasteiger partial charge in [-0.1, -0.05) is 31.5 Å². The van der Waals surface area contributed by atoms with Crippen molar-refractivity contribution in [3.63, 3.8) is 0 Å². The van der Waals surface area contributed by atoms with Crippen molar-refractivity contribution < 1.29 is 17.6 Å². The SMILES string of the molecule is Cc1ccc(S(=O)(=O)NC(CC(C)C)C(=O)Nc2nc(-c3ccc(F)cc3Br)cs2)cc1. The Morgan fingerprint density at radius 2 is 1.88 bits per heavy atom. The monoisotopic (exact) mass is 539 g/mol. The first-order valence-corrected chi connectivity index (χ1v) is 13.0. The lowest BCUT2D eigenvalue weighted by molar-refractivity contribution is -0.118. The van der Waals surface area contributed by atoms with E-state index in [-0.39, 0.29) is 16.6 Å². The van der Waals surface area contributed by atoms with Crippen molar-refractivity contribution in [2.45, 2.75) is 38.1 Å². The van der Waals surface area contributed by atoms with Gasteiger partial charge in [0.05, 0.1) is 10.6 Å². The fourth-order valence-corrected chi connectivity index (χ4v) is 5.47. The molecular weight excluding hydrogens is 517 g/mol. The minimum absolute atomic E-state index is 0.0773. The van der Waals surface area contributed by atoms with Gasteiger partial charge in [0.2, 0.25) is 15.9 Å². The molecule has 170 valence electrons. The van der Waals surface area contributed by atoms with E-state index >= 15 is 0 Å². The number of halogens is 2. The quantitative estimate of drug-likeness (QED) is 0.403. The third-order valence-electron chi connectivity index (χ3n) is 4.59. The van der Waals surface area contributed by atoms with E-state index in [0.717, 1.165) is 5.56 Å². The fraction of sp³-hybridized carbons (Fsp3) is 0.273. The molecule has 0 saturated heterocycles. The van der Waals surface area contributed by atoms with Crippen LogP contribution in [0.15, 0.2) is 57.2 Å². The van der Waals surface area contributed by atoms with Gasteiger partial charge < -0.3 is 5.32 Å². The molecule has 3 aromatic rings. The Morgan fingerprint density at radius 3 is 2.50 bits per heavy atom. The Kier molecular flexibility index (Phi) is 7.81. The van der Waals surface area contributed by atoms with Gasteiger partial charge in [-0.15, -0.1) is 11.3 Å². The molecule has 1 atom stereocenters. The fourth-order valence-electron chi connectivity index (χ4n) is 3.00. The smallest absolute Gasteiger partial charge is 0.244 e. The zero-order valence-electron chi connectivity index (χ0n) is 17.7. The maximum absolute atomic E-state index is 13.4. The molecule has 0 saturated carbocycles. The third kappa shape index (κ3) is 6.22. The van der Waals surface area contributed by atoms with Crippen LogP contribution in [-0.2, 0) is 14.8 Å². The van der Waals surface area contributed by atoms with Gasteiger partial charge in [-0.05, 0) is 65.5 Å². The van der Waals surface area contributed by atoms with Gasteiger partial charge in [-0.2, -0.15) is 4.72 Å². The van der Waals surface area contributed by atoms with Crippen molar-refractivity contribution in [1.29, 1.82) is 0 Å². The lowest BCUT2D eigenvalue weighted by Crippen LogP contribution is -2.44. The first-order chi connectivity index (χ1) is 15.0. The van der Waals surface area contributed by atoms with Gasteiger partial charge in [0.1, 0.15) is 11.9 Å². The number of hydrogen-bond donors (Lipinski definition) is 2. The van der Waals surface area contributed by atoms with Crippen molar-refractivity contribution >= 4 is 48.3 Å². The number of benzene rings is 2. The number of thiazole rings is 1. The minimum Gasteiger partial charge on any atom is -0.301 e. The highest BCUT2D eigenvalue weighted by Crippen LogP contribution is 2.31. The van der Waals surface area contributed by atoms with Crippen LogP contribution in [0, 0.1) is 18.7 Å². The normalized spacial score (nSPS) is 12.7. The van der Waals surface area contributed by atoms with Crippen molar-refractivity contribution in [1.82, 2.24) is 9.71 Å². The lowest BCUT2D eigenvalue weighted by Gasteiger charge is -2.19. The van der Waals surface area contributed by atoms with Crippen LogP contribution in [0.5, 0.6) is 0 Å². The summed E-state index contributed by atoms with van der Waals surface area (Å²) in [5.41, 5.74) is 2.19. The highest BCUT2D eigenvalue weighted by atomic mass is 79.9. The molecule has 1 amide bonds. The summed E-state index contributed by atoms with van der Waals surface area (Å²) in [6, 6.07) is 9.73. The number of aryl methyl sites for hydroxylation is 1. The zero-order chi connectivity index (χ0) is 23.5. The summed E-state index contributed by atoms with van der Waals surface area (Å²) in [7, 11) is -3.88. The number of sulfonamides is 1. The minimum atomic E-state index is -3.88. The highest BCUT2D eigenvalue weighted by molar-refractivity contribution is 9.10. The molecular formula is C22H23BrFN3O3S2. The number of carbonyl (C=O) groups is 1. The van der Waals surface area contributed by atoms with Gasteiger partial charge >= 0.3 is 0 Å². The van der Waals surface area contributed by atoms with Gasteiger partial charge in [-0.25, -0.2) is 17.8 Å². The molecule has 1 unspecified atom stereocenters. The van der Waals surface area contributed by atoms with Crippen molar-refractivity contribution in [2.75, 3.05) is 5.32 Å². The predicted octanol–water partition coefficient (Wildman–Crippen LogP) is 5.35. The van der Waals surface area contributed by atoms with E-state index in [1.807, 2.05) is 20.8 Å². The molecule has 0 radical (unpaired) electrons. The summed E-state index contributed by atoms with van der Waals surface area (Å²) in [5, 5.41) is 4.76. The van der Waals surface area contributed by atoms with Gasteiger partial charge in [0.15, 0.2) is 5.13 Å². The Morgan fingerprint density at radius 1 is 1.19 bits per heavy atom. The van der Waals surface area contributed by atoms with E-state index in [2.05, 4.69) is 31.0 Å². The van der Waals surface area contributed by atoms with Crippen LogP contribution in [0.3, 0.4) is 0 Å². The lowest BCUT2D eigenvalue weighted by atomic mass is 10.0. The number of amides is 1. The average molecular weight is 540 g/mol. The molecule has 0 aliphatic heterocycles. The van der Waals surface area contributed by atoms with Crippen LogP contribution in [0.25, 0.3) is 11.3 Å². The molecule has 0 bridgehead atoms. The topological polar surface area (TPSA) is 88.2 Å². The van der Waals surface area contributed by atoms with E-state index in [0.29, 0.717) is 27.3 Å². The molecule has 2 aromatic carbocycles. The van der Waals surface area contributed by atoms with Crippen molar-refractivity contribution in [2.24, 2.45) is 5.92 Å². The van der Waals surface area contributed by atoms with Crippen LogP contribution in [0.4, 0.5) is 9.52 Å². The molecule has 0 aliphatic carbocycles. The molecule has 1 heterocycles. The Balaban J connectivity index is 1.78. The van der Waals surface area contributed by atoms with Crippen LogP contribution >= 0.6 is 27.3 Å². The summed E-state index contributed by atoms with van der Waals surface area (Å²) in [6.07, 6.45) is 0.318. The number of carbonyl (C=O) groups excluding carboxylic acids is 1. The summed E-state index contributed by atoms with van der Waals surface area (Å²) >= 11 is 4.52. The maximum atomic E-state index is 13.4. The second kappa shape index (κ2) is 10.2. The van der Waals surface area contributed by atoms with E-state index in [1.165, 1.54) is 35.6 Å². The molecule has 32 heavy (non-hydrogen) atoms.